The van der Waals surface area contributed by atoms with E-state index in [0.29, 0.717) is 12.5 Å². The molecule has 0 bridgehead atoms. The van der Waals surface area contributed by atoms with Crippen LogP contribution in [0.4, 0.5) is 0 Å². The van der Waals surface area contributed by atoms with Gasteiger partial charge in [-0.2, -0.15) is 0 Å². The number of rotatable bonds is 6. The number of likely N-dealkylation sites (tertiary alicyclic amines) is 1. The summed E-state index contributed by atoms with van der Waals surface area (Å²) in [5.74, 6) is 2.54. The molecular formula is C19H28IN5O. The maximum Gasteiger partial charge on any atom is 0.194 e. The largest absolute Gasteiger partial charge is 0.384 e. The van der Waals surface area contributed by atoms with Crippen LogP contribution in [0.3, 0.4) is 0 Å². The molecule has 0 amide bonds. The number of hydrogen-bond donors (Lipinski definition) is 1. The molecule has 1 fully saturated rings. The number of ether oxygens (including phenoxy) is 1. The molecule has 1 aromatic carbocycles. The lowest BCUT2D eigenvalue weighted by atomic mass is 10.1. The van der Waals surface area contributed by atoms with Crippen molar-refractivity contribution in [2.75, 3.05) is 33.9 Å². The van der Waals surface area contributed by atoms with E-state index in [0.717, 1.165) is 44.4 Å². The number of hydrogen-bond acceptors (Lipinski definition) is 3. The Bertz CT molecular complexity index is 688. The van der Waals surface area contributed by atoms with Crippen LogP contribution in [0.1, 0.15) is 17.8 Å². The molecule has 6 nitrogen and oxygen atoms in total. The van der Waals surface area contributed by atoms with Gasteiger partial charge in [-0.15, -0.1) is 24.0 Å². The molecule has 1 aliphatic rings. The Morgan fingerprint density at radius 2 is 2.15 bits per heavy atom. The molecule has 26 heavy (non-hydrogen) atoms. The van der Waals surface area contributed by atoms with Crippen LogP contribution in [-0.2, 0) is 17.8 Å². The Balaban J connectivity index is 0.00000243. The van der Waals surface area contributed by atoms with Gasteiger partial charge in [0.1, 0.15) is 5.82 Å². The van der Waals surface area contributed by atoms with Crippen LogP contribution < -0.4 is 5.32 Å². The van der Waals surface area contributed by atoms with E-state index in [2.05, 4.69) is 49.0 Å². The van der Waals surface area contributed by atoms with E-state index in [9.17, 15) is 0 Å². The van der Waals surface area contributed by atoms with Crippen LogP contribution in [0.25, 0.3) is 0 Å². The Kier molecular flexibility index (Phi) is 8.37. The predicted molar refractivity (Wildman–Crippen MR) is 115 cm³/mol. The lowest BCUT2D eigenvalue weighted by Crippen LogP contribution is -2.40. The monoisotopic (exact) mass is 469 g/mol. The average Bonchev–Trinajstić information content (AvgIpc) is 3.27. The van der Waals surface area contributed by atoms with E-state index in [1.54, 1.807) is 7.11 Å². The molecule has 1 aliphatic heterocycles. The van der Waals surface area contributed by atoms with Gasteiger partial charge in [0.2, 0.25) is 0 Å². The zero-order valence-corrected chi connectivity index (χ0v) is 17.8. The highest BCUT2D eigenvalue weighted by molar-refractivity contribution is 14.0. The van der Waals surface area contributed by atoms with Crippen molar-refractivity contribution in [2.24, 2.45) is 10.9 Å². The molecule has 142 valence electrons. The SMILES string of the molecule is CN=C(NCc1nccn1Cc1ccccc1)N1CCC(COC)C1.I. The summed E-state index contributed by atoms with van der Waals surface area (Å²) < 4.78 is 7.45. The number of imidazole rings is 1. The van der Waals surface area contributed by atoms with Gasteiger partial charge < -0.3 is 19.5 Å². The molecule has 0 saturated carbocycles. The summed E-state index contributed by atoms with van der Waals surface area (Å²) in [6.45, 7) is 4.32. The third kappa shape index (κ3) is 5.44. The van der Waals surface area contributed by atoms with Gasteiger partial charge in [0.05, 0.1) is 13.2 Å². The van der Waals surface area contributed by atoms with Gasteiger partial charge in [-0.05, 0) is 12.0 Å². The van der Waals surface area contributed by atoms with E-state index >= 15 is 0 Å². The topological polar surface area (TPSA) is 54.7 Å². The van der Waals surface area contributed by atoms with Crippen LogP contribution in [0.5, 0.6) is 0 Å². The third-order valence-corrected chi connectivity index (χ3v) is 4.60. The fourth-order valence-corrected chi connectivity index (χ4v) is 3.32. The maximum atomic E-state index is 5.28. The van der Waals surface area contributed by atoms with E-state index in [1.807, 2.05) is 25.5 Å². The van der Waals surface area contributed by atoms with Crippen LogP contribution >= 0.6 is 24.0 Å². The van der Waals surface area contributed by atoms with E-state index in [-0.39, 0.29) is 24.0 Å². The molecule has 1 N–H and O–H groups in total. The van der Waals surface area contributed by atoms with Gasteiger partial charge in [0.25, 0.3) is 0 Å². The number of nitrogens with zero attached hydrogens (tertiary/aromatic N) is 4. The number of guanidine groups is 1. The highest BCUT2D eigenvalue weighted by atomic mass is 127. The first-order valence-corrected chi connectivity index (χ1v) is 8.78. The van der Waals surface area contributed by atoms with Crippen molar-refractivity contribution in [1.29, 1.82) is 0 Å². The zero-order chi connectivity index (χ0) is 17.5. The highest BCUT2D eigenvalue weighted by Gasteiger charge is 2.24. The van der Waals surface area contributed by atoms with E-state index < -0.39 is 0 Å². The first-order chi connectivity index (χ1) is 12.3. The summed E-state index contributed by atoms with van der Waals surface area (Å²) in [6, 6.07) is 10.4. The highest BCUT2D eigenvalue weighted by Crippen LogP contribution is 2.16. The Hall–Kier alpha value is -1.61. The molecule has 1 atom stereocenters. The van der Waals surface area contributed by atoms with Crippen molar-refractivity contribution in [3.05, 3.63) is 54.1 Å². The minimum Gasteiger partial charge on any atom is -0.384 e. The quantitative estimate of drug-likeness (QED) is 0.402. The van der Waals surface area contributed by atoms with Crippen molar-refractivity contribution in [3.63, 3.8) is 0 Å². The van der Waals surface area contributed by atoms with Crippen LogP contribution in [0.2, 0.25) is 0 Å². The third-order valence-electron chi connectivity index (χ3n) is 4.60. The minimum absolute atomic E-state index is 0. The number of aromatic nitrogens is 2. The van der Waals surface area contributed by atoms with Gasteiger partial charge in [0.15, 0.2) is 5.96 Å². The van der Waals surface area contributed by atoms with Crippen molar-refractivity contribution < 1.29 is 4.74 Å². The lowest BCUT2D eigenvalue weighted by Gasteiger charge is -2.21. The summed E-state index contributed by atoms with van der Waals surface area (Å²) in [5.41, 5.74) is 1.27. The molecular weight excluding hydrogens is 441 g/mol. The average molecular weight is 469 g/mol. The van der Waals surface area contributed by atoms with Crippen molar-refractivity contribution >= 4 is 29.9 Å². The van der Waals surface area contributed by atoms with E-state index in [1.165, 1.54) is 5.56 Å². The fraction of sp³-hybridized carbons (Fsp3) is 0.474. The van der Waals surface area contributed by atoms with Crippen LogP contribution in [0.15, 0.2) is 47.7 Å². The standard InChI is InChI=1S/C19H27N5O.HI/c1-20-19(24-10-8-17(14-24)15-25-2)22-12-18-21-9-11-23(18)13-16-6-4-3-5-7-16;/h3-7,9,11,17H,8,10,12-15H2,1-2H3,(H,20,22);1H. The normalized spacial score (nSPS) is 17.2. The smallest absolute Gasteiger partial charge is 0.194 e. The summed E-state index contributed by atoms with van der Waals surface area (Å²) >= 11 is 0. The lowest BCUT2D eigenvalue weighted by molar-refractivity contribution is 0.157. The first kappa shape index (κ1) is 20.7. The molecule has 2 aromatic rings. The molecule has 1 unspecified atom stereocenters. The molecule has 2 heterocycles. The Morgan fingerprint density at radius 3 is 2.88 bits per heavy atom. The van der Waals surface area contributed by atoms with E-state index in [4.69, 9.17) is 4.74 Å². The predicted octanol–water partition coefficient (Wildman–Crippen LogP) is 2.59. The second-order valence-electron chi connectivity index (χ2n) is 6.41. The number of aliphatic imine (C=N–C) groups is 1. The summed E-state index contributed by atoms with van der Waals surface area (Å²) in [4.78, 5) is 11.2. The number of halogens is 1. The summed E-state index contributed by atoms with van der Waals surface area (Å²) in [7, 11) is 3.60. The van der Waals surface area contributed by atoms with Gasteiger partial charge in [-0.3, -0.25) is 4.99 Å². The Labute approximate surface area is 172 Å². The molecule has 1 aromatic heterocycles. The van der Waals surface area contributed by atoms with Crippen molar-refractivity contribution in [1.82, 2.24) is 19.8 Å². The zero-order valence-electron chi connectivity index (χ0n) is 15.5. The second-order valence-corrected chi connectivity index (χ2v) is 6.41. The fourth-order valence-electron chi connectivity index (χ4n) is 3.32. The van der Waals surface area contributed by atoms with Gasteiger partial charge in [-0.1, -0.05) is 30.3 Å². The van der Waals surface area contributed by atoms with Crippen LogP contribution in [0, 0.1) is 5.92 Å². The molecule has 0 radical (unpaired) electrons. The minimum atomic E-state index is 0. The molecule has 7 heteroatoms. The van der Waals surface area contributed by atoms with Crippen LogP contribution in [-0.4, -0.2) is 54.3 Å². The number of benzene rings is 1. The maximum absolute atomic E-state index is 5.28. The van der Waals surface area contributed by atoms with Gasteiger partial charge in [-0.25, -0.2) is 4.98 Å². The van der Waals surface area contributed by atoms with Gasteiger partial charge >= 0.3 is 0 Å². The summed E-state index contributed by atoms with van der Waals surface area (Å²) in [5, 5.41) is 3.45. The number of nitrogens with one attached hydrogen (secondary N) is 1. The van der Waals surface area contributed by atoms with Crippen molar-refractivity contribution in [2.45, 2.75) is 19.5 Å². The second kappa shape index (κ2) is 10.5. The Morgan fingerprint density at radius 1 is 1.35 bits per heavy atom. The van der Waals surface area contributed by atoms with Gasteiger partial charge in [0, 0.05) is 52.1 Å². The molecule has 1 saturated heterocycles. The number of methoxy groups -OCH3 is 1. The molecule has 0 aliphatic carbocycles. The molecule has 0 spiro atoms. The molecule has 3 rings (SSSR count). The van der Waals surface area contributed by atoms with Crippen molar-refractivity contribution in [3.8, 4) is 0 Å². The summed E-state index contributed by atoms with van der Waals surface area (Å²) in [6.07, 6.45) is 5.03. The first-order valence-electron chi connectivity index (χ1n) is 8.78.